The van der Waals surface area contributed by atoms with Crippen LogP contribution in [0.1, 0.15) is 84.6 Å². The van der Waals surface area contributed by atoms with E-state index in [1.54, 1.807) is 18.2 Å². The Morgan fingerprint density at radius 2 is 2.07 bits per heavy atom. The zero-order chi connectivity index (χ0) is 30.0. The Balaban J connectivity index is 1.45. The van der Waals surface area contributed by atoms with Crippen molar-refractivity contribution >= 4 is 39.8 Å². The maximum Gasteiger partial charge on any atom is 0.411 e. The molecule has 222 valence electrons. The summed E-state index contributed by atoms with van der Waals surface area (Å²) in [6, 6.07) is 9.59. The van der Waals surface area contributed by atoms with Crippen molar-refractivity contribution in [3.05, 3.63) is 75.8 Å². The van der Waals surface area contributed by atoms with E-state index in [1.807, 2.05) is 31.2 Å². The number of carbonyl (C=O) groups is 3. The first-order valence-electron chi connectivity index (χ1n) is 14.2. The van der Waals surface area contributed by atoms with E-state index in [0.29, 0.717) is 49.2 Å². The highest BCUT2D eigenvalue weighted by molar-refractivity contribution is 9.10. The summed E-state index contributed by atoms with van der Waals surface area (Å²) in [5, 5.41) is 25.7. The fourth-order valence-electron chi connectivity index (χ4n) is 6.18. The quantitative estimate of drug-likeness (QED) is 0.236. The van der Waals surface area contributed by atoms with Crippen LogP contribution in [0.15, 0.2) is 58.5 Å². The molecular weight excluding hydrogens is 604 g/mol. The summed E-state index contributed by atoms with van der Waals surface area (Å²) in [5.41, 5.74) is 2.05. The van der Waals surface area contributed by atoms with Gasteiger partial charge in [0.15, 0.2) is 0 Å². The third-order valence-electron chi connectivity index (χ3n) is 8.38. The lowest BCUT2D eigenvalue weighted by atomic mass is 9.84. The Hall–Kier alpha value is -3.70. The molecule has 2 aromatic carbocycles. The minimum Gasteiger partial charge on any atom is -0.493 e. The number of nitrogens with one attached hydrogen (secondary N) is 2. The second-order valence-electron chi connectivity index (χ2n) is 11.0. The number of hydrogen-bond acceptors (Lipinski definition) is 6. The normalized spacial score (nSPS) is 24.6. The number of carbonyl (C=O) groups excluding carboxylic acids is 2. The van der Waals surface area contributed by atoms with Crippen molar-refractivity contribution in [2.24, 2.45) is 4.99 Å². The molecule has 5 rings (SSSR count). The van der Waals surface area contributed by atoms with E-state index in [0.717, 1.165) is 28.4 Å². The number of guanidine groups is 1. The Bertz CT molecular complexity index is 1440. The molecule has 3 amide bonds. The molecule has 2 aliphatic heterocycles. The number of unbranched alkanes of at least 4 members (excludes halogenated alkanes) is 1. The Kier molecular flexibility index (Phi) is 8.70. The van der Waals surface area contributed by atoms with E-state index in [9.17, 15) is 24.6 Å². The van der Waals surface area contributed by atoms with Gasteiger partial charge in [-0.3, -0.25) is 19.8 Å². The van der Waals surface area contributed by atoms with E-state index in [4.69, 9.17) is 9.73 Å². The fraction of sp³-hybridized carbons (Fsp3) is 0.419. The van der Waals surface area contributed by atoms with Gasteiger partial charge in [0.05, 0.1) is 36.8 Å². The average molecular weight is 640 g/mol. The SMILES string of the molecule is C=CCCCC1(CC)CC(=O)N(C2CCOc3ccc(C(=O)N[C@@H]4c5cc(Br)ccc5C[C@H]4O)cc32)C(NC(=O)O)=N1. The van der Waals surface area contributed by atoms with Gasteiger partial charge in [0.2, 0.25) is 11.9 Å². The van der Waals surface area contributed by atoms with E-state index < -0.39 is 29.8 Å². The zero-order valence-electron chi connectivity index (χ0n) is 23.4. The van der Waals surface area contributed by atoms with Crippen LogP contribution in [0.5, 0.6) is 5.75 Å². The molecule has 4 atom stereocenters. The van der Waals surface area contributed by atoms with E-state index in [1.165, 1.54) is 4.90 Å². The molecule has 2 heterocycles. The molecule has 11 heteroatoms. The molecule has 10 nitrogen and oxygen atoms in total. The lowest BCUT2D eigenvalue weighted by Gasteiger charge is -2.42. The first-order chi connectivity index (χ1) is 20.1. The molecule has 2 aromatic rings. The van der Waals surface area contributed by atoms with Crippen LogP contribution in [0, 0.1) is 0 Å². The number of rotatable bonds is 8. The molecule has 42 heavy (non-hydrogen) atoms. The number of carboxylic acid groups (broad SMARTS) is 1. The average Bonchev–Trinajstić information content (AvgIpc) is 3.26. The molecule has 4 N–H and O–H groups in total. The van der Waals surface area contributed by atoms with E-state index in [-0.39, 0.29) is 24.2 Å². The summed E-state index contributed by atoms with van der Waals surface area (Å²) >= 11 is 3.46. The zero-order valence-corrected chi connectivity index (χ0v) is 25.0. The standard InChI is InChI=1S/C31H35BrN4O6/c1-3-5-6-12-31(4-2)17-26(38)36(29(35-31)34-30(40)41)23-11-13-42-25-10-8-19(14-22(23)25)28(39)33-27-21-16-20(32)9-7-18(21)15-24(27)37/h3,7-10,14,16,23-24,27,37H,1,4-6,11-13,15,17H2,2H3,(H,33,39)(H,34,35)(H,40,41)/t23?,24-,27-,31?/m1/s1. The Morgan fingerprint density at radius 3 is 2.81 bits per heavy atom. The topological polar surface area (TPSA) is 141 Å². The smallest absolute Gasteiger partial charge is 0.411 e. The predicted molar refractivity (Wildman–Crippen MR) is 160 cm³/mol. The highest BCUT2D eigenvalue weighted by Gasteiger charge is 2.44. The molecule has 0 bridgehead atoms. The van der Waals surface area contributed by atoms with Gasteiger partial charge < -0.3 is 20.3 Å². The minimum atomic E-state index is -1.31. The maximum atomic E-state index is 13.8. The van der Waals surface area contributed by atoms with Gasteiger partial charge in [-0.25, -0.2) is 9.79 Å². The molecular formula is C31H35BrN4O6. The summed E-state index contributed by atoms with van der Waals surface area (Å²) in [6.07, 6.45) is 3.48. The number of aliphatic imine (C=N–C) groups is 1. The largest absolute Gasteiger partial charge is 0.493 e. The number of ether oxygens (including phenoxy) is 1. The van der Waals surface area contributed by atoms with Gasteiger partial charge in [-0.15, -0.1) is 6.58 Å². The van der Waals surface area contributed by atoms with Crippen molar-refractivity contribution in [1.82, 2.24) is 15.5 Å². The Morgan fingerprint density at radius 1 is 1.26 bits per heavy atom. The van der Waals surface area contributed by atoms with Gasteiger partial charge in [0.25, 0.3) is 5.91 Å². The highest BCUT2D eigenvalue weighted by atomic mass is 79.9. The van der Waals surface area contributed by atoms with Crippen LogP contribution < -0.4 is 15.4 Å². The van der Waals surface area contributed by atoms with E-state index in [2.05, 4.69) is 33.1 Å². The van der Waals surface area contributed by atoms with Crippen molar-refractivity contribution in [2.45, 2.75) is 75.6 Å². The van der Waals surface area contributed by atoms with Crippen LogP contribution >= 0.6 is 15.9 Å². The van der Waals surface area contributed by atoms with Crippen molar-refractivity contribution in [3.63, 3.8) is 0 Å². The number of nitrogens with zero attached hydrogens (tertiary/aromatic N) is 2. The molecule has 0 radical (unpaired) electrons. The summed E-state index contributed by atoms with van der Waals surface area (Å²) < 4.78 is 6.72. The van der Waals surface area contributed by atoms with Crippen molar-refractivity contribution < 1.29 is 29.3 Å². The van der Waals surface area contributed by atoms with Crippen LogP contribution in [-0.2, 0) is 11.2 Å². The van der Waals surface area contributed by atoms with Gasteiger partial charge >= 0.3 is 6.09 Å². The third-order valence-corrected chi connectivity index (χ3v) is 8.88. The first kappa shape index (κ1) is 29.8. The van der Waals surface area contributed by atoms with Crippen LogP contribution in [0.25, 0.3) is 0 Å². The van der Waals surface area contributed by atoms with Crippen molar-refractivity contribution in [1.29, 1.82) is 0 Å². The van der Waals surface area contributed by atoms with Gasteiger partial charge in [0, 0.05) is 28.4 Å². The minimum absolute atomic E-state index is 0.0110. The summed E-state index contributed by atoms with van der Waals surface area (Å²) in [7, 11) is 0. The number of halogens is 1. The van der Waals surface area contributed by atoms with Gasteiger partial charge in [-0.2, -0.15) is 0 Å². The fourth-order valence-corrected chi connectivity index (χ4v) is 6.56. The van der Waals surface area contributed by atoms with Gasteiger partial charge in [0.1, 0.15) is 5.75 Å². The number of aliphatic hydroxyl groups excluding tert-OH is 1. The van der Waals surface area contributed by atoms with Crippen LogP contribution in [0.2, 0.25) is 0 Å². The third kappa shape index (κ3) is 5.94. The van der Waals surface area contributed by atoms with Crippen molar-refractivity contribution in [3.8, 4) is 5.75 Å². The van der Waals surface area contributed by atoms with Crippen LogP contribution in [-0.4, -0.2) is 57.2 Å². The lowest BCUT2D eigenvalue weighted by Crippen LogP contribution is -2.55. The number of aliphatic hydroxyl groups is 1. The molecule has 0 saturated heterocycles. The maximum absolute atomic E-state index is 13.8. The molecule has 0 spiro atoms. The molecule has 2 unspecified atom stereocenters. The number of allylic oxidation sites excluding steroid dienone is 1. The summed E-state index contributed by atoms with van der Waals surface area (Å²) in [4.78, 5) is 45.3. The Labute approximate surface area is 253 Å². The molecule has 0 aromatic heterocycles. The number of amides is 3. The number of fused-ring (bicyclic) bond motifs is 2. The van der Waals surface area contributed by atoms with Gasteiger partial charge in [-0.05, 0) is 67.1 Å². The molecule has 1 aliphatic carbocycles. The van der Waals surface area contributed by atoms with E-state index >= 15 is 0 Å². The number of benzene rings is 2. The van der Waals surface area contributed by atoms with Crippen LogP contribution in [0.4, 0.5) is 4.79 Å². The molecule has 3 aliphatic rings. The first-order valence-corrected chi connectivity index (χ1v) is 15.0. The molecule has 0 saturated carbocycles. The predicted octanol–water partition coefficient (Wildman–Crippen LogP) is 5.02. The summed E-state index contributed by atoms with van der Waals surface area (Å²) in [5.74, 6) is -0.117. The highest BCUT2D eigenvalue weighted by Crippen LogP contribution is 2.41. The monoisotopic (exact) mass is 638 g/mol. The molecule has 0 fully saturated rings. The lowest BCUT2D eigenvalue weighted by molar-refractivity contribution is -0.132. The summed E-state index contributed by atoms with van der Waals surface area (Å²) in [6.45, 7) is 6.03. The second-order valence-corrected chi connectivity index (χ2v) is 12.0. The van der Waals surface area contributed by atoms with Crippen LogP contribution in [0.3, 0.4) is 0 Å². The van der Waals surface area contributed by atoms with Gasteiger partial charge in [-0.1, -0.05) is 35.0 Å². The number of hydrogen-bond donors (Lipinski definition) is 4. The van der Waals surface area contributed by atoms with Crippen molar-refractivity contribution in [2.75, 3.05) is 6.61 Å². The second kappa shape index (κ2) is 12.3.